The Bertz CT molecular complexity index is 422. The van der Waals surface area contributed by atoms with E-state index in [2.05, 4.69) is 4.90 Å². The van der Waals surface area contributed by atoms with Gasteiger partial charge in [0, 0.05) is 13.1 Å². The minimum absolute atomic E-state index is 0.231. The molecule has 0 amide bonds. The number of likely N-dealkylation sites (tertiary alicyclic amines) is 1. The summed E-state index contributed by atoms with van der Waals surface area (Å²) in [4.78, 5) is 13.1. The second-order valence-corrected chi connectivity index (χ2v) is 4.72. The van der Waals surface area contributed by atoms with Gasteiger partial charge in [0.2, 0.25) is 0 Å². The molecule has 0 saturated carbocycles. The zero-order valence-corrected chi connectivity index (χ0v) is 9.89. The normalized spacial score (nSPS) is 20.1. The Morgan fingerprint density at radius 1 is 1.35 bits per heavy atom. The van der Waals surface area contributed by atoms with Crippen LogP contribution in [0.5, 0.6) is 0 Å². The van der Waals surface area contributed by atoms with Crippen molar-refractivity contribution in [1.29, 1.82) is 0 Å². The fourth-order valence-electron chi connectivity index (χ4n) is 2.22. The summed E-state index contributed by atoms with van der Waals surface area (Å²) >= 11 is 0. The molecule has 2 N–H and O–H groups in total. The lowest BCUT2D eigenvalue weighted by Crippen LogP contribution is -2.40. The minimum atomic E-state index is -0.955. The topological polar surface area (TPSA) is 60.8 Å². The summed E-state index contributed by atoms with van der Waals surface area (Å²) in [6, 6.07) is 6.62. The van der Waals surface area contributed by atoms with Crippen molar-refractivity contribution < 1.29 is 15.0 Å². The average molecular weight is 235 g/mol. The molecule has 1 aliphatic rings. The Hall–Kier alpha value is -1.39. The number of carboxylic acids is 1. The molecule has 4 heteroatoms. The van der Waals surface area contributed by atoms with Gasteiger partial charge < -0.3 is 15.1 Å². The number of piperidine rings is 1. The quantitative estimate of drug-likeness (QED) is 0.811. The van der Waals surface area contributed by atoms with Gasteiger partial charge in [0.1, 0.15) is 0 Å². The fraction of sp³-hybridized carbons (Fsp3) is 0.462. The maximum atomic E-state index is 10.9. The van der Waals surface area contributed by atoms with Crippen LogP contribution < -0.4 is 0 Å². The molecule has 0 bridgehead atoms. The number of hydrogen-bond acceptors (Lipinski definition) is 3. The Morgan fingerprint density at radius 2 is 2.00 bits per heavy atom. The van der Waals surface area contributed by atoms with Crippen LogP contribution in [0.2, 0.25) is 0 Å². The zero-order chi connectivity index (χ0) is 12.5. The average Bonchev–Trinajstić information content (AvgIpc) is 2.33. The van der Waals surface area contributed by atoms with E-state index < -0.39 is 11.6 Å². The Balaban J connectivity index is 2.27. The highest BCUT2D eigenvalue weighted by Crippen LogP contribution is 2.32. The lowest BCUT2D eigenvalue weighted by atomic mass is 9.84. The predicted molar refractivity (Wildman–Crippen MR) is 64.0 cm³/mol. The van der Waals surface area contributed by atoms with E-state index in [1.807, 2.05) is 7.05 Å². The van der Waals surface area contributed by atoms with E-state index in [0.717, 1.165) is 13.1 Å². The number of aromatic carboxylic acids is 1. The Kier molecular flexibility index (Phi) is 3.17. The van der Waals surface area contributed by atoms with Gasteiger partial charge in [0.05, 0.1) is 11.2 Å². The molecule has 1 saturated heterocycles. The molecule has 1 fully saturated rings. The maximum Gasteiger partial charge on any atom is 0.335 e. The van der Waals surface area contributed by atoms with Crippen molar-refractivity contribution in [2.75, 3.05) is 20.1 Å². The summed E-state index contributed by atoms with van der Waals surface area (Å²) in [5, 5.41) is 19.5. The molecule has 92 valence electrons. The van der Waals surface area contributed by atoms with Crippen LogP contribution in [0.4, 0.5) is 0 Å². The van der Waals surface area contributed by atoms with Gasteiger partial charge in [-0.1, -0.05) is 12.1 Å². The van der Waals surface area contributed by atoms with Gasteiger partial charge >= 0.3 is 5.97 Å². The van der Waals surface area contributed by atoms with Crippen LogP contribution in [-0.4, -0.2) is 41.2 Å². The van der Waals surface area contributed by atoms with Crippen LogP contribution in [0.15, 0.2) is 24.3 Å². The van der Waals surface area contributed by atoms with E-state index in [1.165, 1.54) is 0 Å². The van der Waals surface area contributed by atoms with Gasteiger partial charge in [-0.2, -0.15) is 0 Å². The molecule has 0 radical (unpaired) electrons. The van der Waals surface area contributed by atoms with E-state index in [0.29, 0.717) is 18.4 Å². The van der Waals surface area contributed by atoms with E-state index in [9.17, 15) is 9.90 Å². The van der Waals surface area contributed by atoms with Crippen LogP contribution in [0, 0.1) is 0 Å². The second kappa shape index (κ2) is 4.47. The Labute approximate surface area is 100 Å². The lowest BCUT2D eigenvalue weighted by Gasteiger charge is -2.37. The van der Waals surface area contributed by atoms with E-state index in [1.54, 1.807) is 24.3 Å². The third-order valence-corrected chi connectivity index (χ3v) is 3.46. The van der Waals surface area contributed by atoms with Crippen LogP contribution in [0.3, 0.4) is 0 Å². The summed E-state index contributed by atoms with van der Waals surface area (Å²) in [7, 11) is 2.02. The number of carbonyl (C=O) groups is 1. The first kappa shape index (κ1) is 12.1. The van der Waals surface area contributed by atoms with E-state index >= 15 is 0 Å². The molecule has 0 spiro atoms. The van der Waals surface area contributed by atoms with Crippen LogP contribution in [-0.2, 0) is 5.60 Å². The van der Waals surface area contributed by atoms with Crippen LogP contribution >= 0.6 is 0 Å². The molecule has 1 heterocycles. The van der Waals surface area contributed by atoms with Gasteiger partial charge in [0.25, 0.3) is 0 Å². The number of aliphatic hydroxyl groups is 1. The molecule has 1 aliphatic heterocycles. The third-order valence-electron chi connectivity index (χ3n) is 3.46. The lowest BCUT2D eigenvalue weighted by molar-refractivity contribution is -0.0203. The highest BCUT2D eigenvalue weighted by molar-refractivity contribution is 5.87. The molecule has 0 aliphatic carbocycles. The Morgan fingerprint density at radius 3 is 2.59 bits per heavy atom. The monoisotopic (exact) mass is 235 g/mol. The molecular weight excluding hydrogens is 218 g/mol. The van der Waals surface area contributed by atoms with Crippen molar-refractivity contribution in [2.24, 2.45) is 0 Å². The van der Waals surface area contributed by atoms with Gasteiger partial charge in [-0.05, 0) is 37.6 Å². The predicted octanol–water partition coefficient (Wildman–Crippen LogP) is 1.30. The molecule has 0 unspecified atom stereocenters. The summed E-state index contributed by atoms with van der Waals surface area (Å²) in [5.41, 5.74) is 0.0678. The summed E-state index contributed by atoms with van der Waals surface area (Å²) in [6.07, 6.45) is 1.29. The van der Waals surface area contributed by atoms with Crippen molar-refractivity contribution >= 4 is 5.97 Å². The molecule has 1 aromatic carbocycles. The molecule has 0 atom stereocenters. The zero-order valence-electron chi connectivity index (χ0n) is 9.89. The van der Waals surface area contributed by atoms with Crippen LogP contribution in [0.1, 0.15) is 28.8 Å². The molecule has 4 nitrogen and oxygen atoms in total. The standard InChI is InChI=1S/C13H17NO3/c1-14-7-5-13(17,6-8-14)11-4-2-3-10(9-11)12(15)16/h2-4,9,17H,5-8H2,1H3,(H,15,16). The molecule has 1 aromatic rings. The van der Waals surface area contributed by atoms with Gasteiger partial charge in [-0.25, -0.2) is 4.79 Å². The first-order chi connectivity index (χ1) is 8.01. The maximum absolute atomic E-state index is 10.9. The first-order valence-corrected chi connectivity index (χ1v) is 5.76. The van der Waals surface area contributed by atoms with Crippen LogP contribution in [0.25, 0.3) is 0 Å². The number of rotatable bonds is 2. The summed E-state index contributed by atoms with van der Waals surface area (Å²) < 4.78 is 0. The first-order valence-electron chi connectivity index (χ1n) is 5.76. The molecular formula is C13H17NO3. The van der Waals surface area contributed by atoms with E-state index in [-0.39, 0.29) is 5.56 Å². The number of benzene rings is 1. The highest BCUT2D eigenvalue weighted by atomic mass is 16.4. The fourth-order valence-corrected chi connectivity index (χ4v) is 2.22. The van der Waals surface area contributed by atoms with Gasteiger partial charge in [-0.3, -0.25) is 0 Å². The molecule has 2 rings (SSSR count). The van der Waals surface area contributed by atoms with Gasteiger partial charge in [-0.15, -0.1) is 0 Å². The molecule has 0 aromatic heterocycles. The van der Waals surface area contributed by atoms with E-state index in [4.69, 9.17) is 5.11 Å². The third kappa shape index (κ3) is 2.48. The number of nitrogens with zero attached hydrogens (tertiary/aromatic N) is 1. The minimum Gasteiger partial charge on any atom is -0.478 e. The van der Waals surface area contributed by atoms with Crippen molar-refractivity contribution in [3.8, 4) is 0 Å². The smallest absolute Gasteiger partial charge is 0.335 e. The van der Waals surface area contributed by atoms with Crippen molar-refractivity contribution in [3.05, 3.63) is 35.4 Å². The highest BCUT2D eigenvalue weighted by Gasteiger charge is 2.33. The number of hydrogen-bond donors (Lipinski definition) is 2. The van der Waals surface area contributed by atoms with Gasteiger partial charge in [0.15, 0.2) is 0 Å². The SMILES string of the molecule is CN1CCC(O)(c2cccc(C(=O)O)c2)CC1. The molecule has 17 heavy (non-hydrogen) atoms. The summed E-state index contributed by atoms with van der Waals surface area (Å²) in [6.45, 7) is 1.65. The van der Waals surface area contributed by atoms with Crippen molar-refractivity contribution in [3.63, 3.8) is 0 Å². The van der Waals surface area contributed by atoms with Crippen molar-refractivity contribution in [1.82, 2.24) is 4.90 Å². The van der Waals surface area contributed by atoms with Crippen molar-refractivity contribution in [2.45, 2.75) is 18.4 Å². The summed E-state index contributed by atoms with van der Waals surface area (Å²) in [5.74, 6) is -0.955. The second-order valence-electron chi connectivity index (χ2n) is 4.72. The number of carboxylic acid groups (broad SMARTS) is 1. The largest absolute Gasteiger partial charge is 0.478 e.